The zero-order chi connectivity index (χ0) is 18.9. The predicted molar refractivity (Wildman–Crippen MR) is 105 cm³/mol. The molecule has 1 N–H and O–H groups in total. The molecular weight excluding hydrogens is 376 g/mol. The second kappa shape index (κ2) is 6.75. The highest BCUT2D eigenvalue weighted by Crippen LogP contribution is 2.34. The van der Waals surface area contributed by atoms with E-state index in [-0.39, 0.29) is 5.76 Å². The predicted octanol–water partition coefficient (Wildman–Crippen LogP) is 4.86. The number of nitrogens with zero attached hydrogens (tertiary/aromatic N) is 3. The SMILES string of the molecule is O=C(Nc1nc(-c2ccccc2)nc2sc(-c3ccco3)nc12)c1ccco1. The van der Waals surface area contributed by atoms with E-state index in [1.165, 1.54) is 17.6 Å². The summed E-state index contributed by atoms with van der Waals surface area (Å²) in [6.07, 6.45) is 3.03. The molecule has 0 fully saturated rings. The van der Waals surface area contributed by atoms with Gasteiger partial charge in [-0.25, -0.2) is 15.0 Å². The number of anilines is 1. The molecule has 5 aromatic rings. The van der Waals surface area contributed by atoms with Crippen LogP contribution in [-0.4, -0.2) is 20.9 Å². The number of furan rings is 2. The zero-order valence-corrected chi connectivity index (χ0v) is 15.1. The van der Waals surface area contributed by atoms with Crippen LogP contribution in [0.25, 0.3) is 32.5 Å². The van der Waals surface area contributed by atoms with E-state index < -0.39 is 5.91 Å². The molecule has 0 saturated carbocycles. The van der Waals surface area contributed by atoms with Gasteiger partial charge in [0.1, 0.15) is 10.3 Å². The molecule has 7 nitrogen and oxygen atoms in total. The molecule has 0 spiro atoms. The number of hydrogen-bond donors (Lipinski definition) is 1. The molecule has 0 atom stereocenters. The molecule has 0 aliphatic heterocycles. The van der Waals surface area contributed by atoms with Gasteiger partial charge in [0.05, 0.1) is 12.5 Å². The van der Waals surface area contributed by atoms with Crippen molar-refractivity contribution in [1.82, 2.24) is 15.0 Å². The lowest BCUT2D eigenvalue weighted by Crippen LogP contribution is -2.13. The second-order valence-electron chi connectivity index (χ2n) is 5.84. The Morgan fingerprint density at radius 3 is 2.46 bits per heavy atom. The van der Waals surface area contributed by atoms with Crippen LogP contribution in [0.2, 0.25) is 0 Å². The maximum absolute atomic E-state index is 12.5. The summed E-state index contributed by atoms with van der Waals surface area (Å²) in [5.74, 6) is 1.23. The molecule has 136 valence electrons. The third-order valence-corrected chi connectivity index (χ3v) is 4.96. The van der Waals surface area contributed by atoms with Gasteiger partial charge in [0.15, 0.2) is 28.2 Å². The van der Waals surface area contributed by atoms with Crippen molar-refractivity contribution in [3.8, 4) is 22.2 Å². The first-order chi connectivity index (χ1) is 13.8. The van der Waals surface area contributed by atoms with E-state index in [4.69, 9.17) is 8.83 Å². The fourth-order valence-electron chi connectivity index (χ4n) is 2.71. The Balaban J connectivity index is 1.65. The summed E-state index contributed by atoms with van der Waals surface area (Å²) in [5, 5.41) is 3.45. The average molecular weight is 388 g/mol. The van der Waals surface area contributed by atoms with Gasteiger partial charge < -0.3 is 14.2 Å². The summed E-state index contributed by atoms with van der Waals surface area (Å²) in [4.78, 5) is 26.9. The molecule has 0 aliphatic carbocycles. The Morgan fingerprint density at radius 2 is 1.71 bits per heavy atom. The minimum absolute atomic E-state index is 0.189. The molecule has 0 unspecified atom stereocenters. The smallest absolute Gasteiger partial charge is 0.292 e. The number of hydrogen-bond acceptors (Lipinski definition) is 7. The van der Waals surface area contributed by atoms with Crippen LogP contribution >= 0.6 is 11.3 Å². The molecule has 0 bridgehead atoms. The van der Waals surface area contributed by atoms with E-state index >= 15 is 0 Å². The van der Waals surface area contributed by atoms with Crippen molar-refractivity contribution in [2.24, 2.45) is 0 Å². The summed E-state index contributed by atoms with van der Waals surface area (Å²) in [5.41, 5.74) is 1.34. The van der Waals surface area contributed by atoms with Crippen LogP contribution in [0.1, 0.15) is 10.6 Å². The molecule has 4 heterocycles. The second-order valence-corrected chi connectivity index (χ2v) is 6.82. The first-order valence-electron chi connectivity index (χ1n) is 8.41. The van der Waals surface area contributed by atoms with Crippen LogP contribution in [0.15, 0.2) is 76.0 Å². The molecular formula is C20H12N4O3S. The highest BCUT2D eigenvalue weighted by molar-refractivity contribution is 7.21. The van der Waals surface area contributed by atoms with Gasteiger partial charge >= 0.3 is 0 Å². The van der Waals surface area contributed by atoms with Gasteiger partial charge in [0.2, 0.25) is 0 Å². The standard InChI is InChI=1S/C20H12N4O3S/c25-18(13-8-4-10-26-13)23-17-15-20(28-19(21-15)14-9-5-11-27-14)24-16(22-17)12-6-2-1-3-7-12/h1-11H,(H,22,23,24,25). The van der Waals surface area contributed by atoms with Gasteiger partial charge in [-0.15, -0.1) is 0 Å². The third-order valence-electron chi connectivity index (χ3n) is 4.00. The van der Waals surface area contributed by atoms with Crippen molar-refractivity contribution < 1.29 is 13.6 Å². The number of fused-ring (bicyclic) bond motifs is 1. The van der Waals surface area contributed by atoms with Gasteiger partial charge in [-0.2, -0.15) is 0 Å². The summed E-state index contributed by atoms with van der Waals surface area (Å²) in [6, 6.07) is 16.4. The van der Waals surface area contributed by atoms with E-state index in [0.29, 0.717) is 32.8 Å². The zero-order valence-electron chi connectivity index (χ0n) is 14.3. The fraction of sp³-hybridized carbons (Fsp3) is 0. The highest BCUT2D eigenvalue weighted by Gasteiger charge is 2.19. The van der Waals surface area contributed by atoms with Gasteiger partial charge in [-0.3, -0.25) is 4.79 Å². The first kappa shape index (κ1) is 16.4. The van der Waals surface area contributed by atoms with Crippen LogP contribution in [0.3, 0.4) is 0 Å². The number of amides is 1. The van der Waals surface area contributed by atoms with E-state index in [9.17, 15) is 4.79 Å². The fourth-order valence-corrected chi connectivity index (χ4v) is 3.62. The molecule has 5 rings (SSSR count). The minimum atomic E-state index is -0.406. The molecule has 4 aromatic heterocycles. The third kappa shape index (κ3) is 2.95. The molecule has 8 heteroatoms. The Bertz CT molecular complexity index is 1250. The first-order valence-corrected chi connectivity index (χ1v) is 9.22. The number of benzene rings is 1. The average Bonchev–Trinajstić information content (AvgIpc) is 3.49. The summed E-state index contributed by atoms with van der Waals surface area (Å²) >= 11 is 1.37. The van der Waals surface area contributed by atoms with E-state index in [2.05, 4.69) is 20.3 Å². The quantitative estimate of drug-likeness (QED) is 0.472. The van der Waals surface area contributed by atoms with Gasteiger partial charge in [-0.05, 0) is 24.3 Å². The number of nitrogens with one attached hydrogen (secondary N) is 1. The number of thiazole rings is 1. The van der Waals surface area contributed by atoms with Crippen LogP contribution < -0.4 is 5.32 Å². The molecule has 0 saturated heterocycles. The lowest BCUT2D eigenvalue weighted by molar-refractivity contribution is 0.0996. The summed E-state index contributed by atoms with van der Waals surface area (Å²) in [6.45, 7) is 0. The van der Waals surface area contributed by atoms with Crippen LogP contribution in [0, 0.1) is 0 Å². The number of aromatic nitrogens is 3. The largest absolute Gasteiger partial charge is 0.462 e. The Kier molecular flexibility index (Phi) is 3.95. The van der Waals surface area contributed by atoms with Gasteiger partial charge in [-0.1, -0.05) is 41.7 Å². The van der Waals surface area contributed by atoms with Crippen LogP contribution in [-0.2, 0) is 0 Å². The van der Waals surface area contributed by atoms with Crippen molar-refractivity contribution in [3.63, 3.8) is 0 Å². The van der Waals surface area contributed by atoms with Crippen molar-refractivity contribution in [1.29, 1.82) is 0 Å². The summed E-state index contributed by atoms with van der Waals surface area (Å²) < 4.78 is 10.6. The van der Waals surface area contributed by atoms with Crippen molar-refractivity contribution in [3.05, 3.63) is 72.9 Å². The minimum Gasteiger partial charge on any atom is -0.462 e. The van der Waals surface area contributed by atoms with Crippen LogP contribution in [0.5, 0.6) is 0 Å². The molecule has 1 aromatic carbocycles. The molecule has 0 aliphatic rings. The maximum atomic E-state index is 12.5. The van der Waals surface area contributed by atoms with Crippen LogP contribution in [0.4, 0.5) is 5.82 Å². The Labute approximate surface area is 162 Å². The monoisotopic (exact) mass is 388 g/mol. The number of carbonyl (C=O) groups excluding carboxylic acids is 1. The van der Waals surface area contributed by atoms with Gasteiger partial charge in [0.25, 0.3) is 5.91 Å². The van der Waals surface area contributed by atoms with Gasteiger partial charge in [0, 0.05) is 5.56 Å². The lowest BCUT2D eigenvalue weighted by Gasteiger charge is -2.06. The highest BCUT2D eigenvalue weighted by atomic mass is 32.1. The van der Waals surface area contributed by atoms with Crippen molar-refractivity contribution >= 4 is 33.4 Å². The number of carbonyl (C=O) groups is 1. The Hall–Kier alpha value is -3.78. The number of rotatable bonds is 4. The maximum Gasteiger partial charge on any atom is 0.292 e. The molecule has 28 heavy (non-hydrogen) atoms. The molecule has 1 amide bonds. The molecule has 0 radical (unpaired) electrons. The van der Waals surface area contributed by atoms with Crippen molar-refractivity contribution in [2.75, 3.05) is 5.32 Å². The topological polar surface area (TPSA) is 94.1 Å². The summed E-state index contributed by atoms with van der Waals surface area (Å²) in [7, 11) is 0. The van der Waals surface area contributed by atoms with E-state index in [1.54, 1.807) is 24.5 Å². The normalized spacial score (nSPS) is 11.0. The Morgan fingerprint density at radius 1 is 0.893 bits per heavy atom. The van der Waals surface area contributed by atoms with Crippen molar-refractivity contribution in [2.45, 2.75) is 0 Å². The lowest BCUT2D eigenvalue weighted by atomic mass is 10.2. The van der Waals surface area contributed by atoms with E-state index in [1.807, 2.05) is 36.4 Å². The van der Waals surface area contributed by atoms with E-state index in [0.717, 1.165) is 5.56 Å².